The summed E-state index contributed by atoms with van der Waals surface area (Å²) >= 11 is 0. The Hall–Kier alpha value is -0.338. The van der Waals surface area contributed by atoms with Gasteiger partial charge in [-0.15, -0.1) is 0 Å². The highest BCUT2D eigenvalue weighted by Gasteiger charge is 2.13. The highest BCUT2D eigenvalue weighted by Crippen LogP contribution is 2.15. The van der Waals surface area contributed by atoms with Crippen LogP contribution >= 0.6 is 0 Å². The summed E-state index contributed by atoms with van der Waals surface area (Å²) in [6, 6.07) is 8.37. The number of hydrogen-bond donors (Lipinski definition) is 0. The fourth-order valence-electron chi connectivity index (χ4n) is 3.47. The Morgan fingerprint density at radius 3 is 1.41 bits per heavy atom. The van der Waals surface area contributed by atoms with E-state index in [1.54, 1.807) is 30.3 Å². The second-order valence-corrected chi connectivity index (χ2v) is 9.51. The van der Waals surface area contributed by atoms with Crippen molar-refractivity contribution >= 4 is 27.5 Å². The van der Waals surface area contributed by atoms with Crippen LogP contribution in [0.25, 0.3) is 0 Å². The SMILES string of the molecule is CCCCCCCCCCCCCCCCCCOS(=O)(=O)c1ccccc1.[AlH3]. The van der Waals surface area contributed by atoms with Crippen LogP contribution in [-0.4, -0.2) is 32.4 Å². The lowest BCUT2D eigenvalue weighted by molar-refractivity contribution is 0.306. The van der Waals surface area contributed by atoms with Gasteiger partial charge in [0.1, 0.15) is 0 Å². The minimum absolute atomic E-state index is 0. The molecule has 0 heterocycles. The van der Waals surface area contributed by atoms with Gasteiger partial charge in [-0.2, -0.15) is 8.42 Å². The van der Waals surface area contributed by atoms with Gasteiger partial charge in [-0.25, -0.2) is 0 Å². The van der Waals surface area contributed by atoms with E-state index in [0.717, 1.165) is 12.8 Å². The van der Waals surface area contributed by atoms with E-state index in [0.29, 0.717) is 0 Å². The average Bonchev–Trinajstić information content (AvgIpc) is 2.71. The fourth-order valence-corrected chi connectivity index (χ4v) is 4.44. The maximum absolute atomic E-state index is 12.0. The summed E-state index contributed by atoms with van der Waals surface area (Å²) in [4.78, 5) is 0.242. The molecule has 0 unspecified atom stereocenters. The summed E-state index contributed by atoms with van der Waals surface area (Å²) in [5, 5.41) is 0. The molecule has 1 aromatic carbocycles. The molecule has 1 aromatic rings. The van der Waals surface area contributed by atoms with Crippen LogP contribution in [0, 0.1) is 0 Å². The van der Waals surface area contributed by atoms with Gasteiger partial charge >= 0.3 is 0 Å². The van der Waals surface area contributed by atoms with Crippen LogP contribution in [0.2, 0.25) is 0 Å². The lowest BCUT2D eigenvalue weighted by Crippen LogP contribution is -2.07. The van der Waals surface area contributed by atoms with E-state index in [1.165, 1.54) is 89.9 Å². The Kier molecular flexibility index (Phi) is 19.4. The first-order valence-electron chi connectivity index (χ1n) is 11.6. The first-order valence-corrected chi connectivity index (χ1v) is 13.0. The standard InChI is InChI=1S/C24H42O3S.Al.3H/c1-2-3-4-5-6-7-8-9-10-11-12-13-14-15-16-20-23-27-28(25,26)24-21-18-17-19-22-24;;;;/h17-19,21-22H,2-16,20,23H2,1H3;;;;. The number of unbranched alkanes of at least 4 members (excludes halogenated alkanes) is 15. The molecular weight excluding hydrogens is 395 g/mol. The van der Waals surface area contributed by atoms with Crippen LogP contribution in [0.4, 0.5) is 0 Å². The summed E-state index contributed by atoms with van der Waals surface area (Å²) in [5.74, 6) is 0. The van der Waals surface area contributed by atoms with Crippen molar-refractivity contribution in [3.8, 4) is 0 Å². The van der Waals surface area contributed by atoms with Crippen molar-refractivity contribution in [1.82, 2.24) is 0 Å². The lowest BCUT2D eigenvalue weighted by atomic mass is 10.0. The Balaban J connectivity index is 0.00000784. The molecule has 0 amide bonds. The topological polar surface area (TPSA) is 43.4 Å². The monoisotopic (exact) mass is 440 g/mol. The molecule has 0 saturated heterocycles. The van der Waals surface area contributed by atoms with Gasteiger partial charge < -0.3 is 0 Å². The fraction of sp³-hybridized carbons (Fsp3) is 0.750. The third kappa shape index (κ3) is 16.1. The molecule has 0 radical (unpaired) electrons. The zero-order valence-electron chi connectivity index (χ0n) is 18.0. The summed E-state index contributed by atoms with van der Waals surface area (Å²) in [5.41, 5.74) is 0. The molecule has 3 nitrogen and oxygen atoms in total. The van der Waals surface area contributed by atoms with Crippen LogP contribution in [0.5, 0.6) is 0 Å². The molecule has 0 aliphatic heterocycles. The van der Waals surface area contributed by atoms with Gasteiger partial charge in [0.15, 0.2) is 17.4 Å². The molecule has 0 aromatic heterocycles. The van der Waals surface area contributed by atoms with Gasteiger partial charge in [0, 0.05) is 0 Å². The van der Waals surface area contributed by atoms with Crippen molar-refractivity contribution < 1.29 is 12.6 Å². The Morgan fingerprint density at radius 2 is 1.00 bits per heavy atom. The summed E-state index contributed by atoms with van der Waals surface area (Å²) in [6.45, 7) is 2.56. The molecule has 0 spiro atoms. The lowest BCUT2D eigenvalue weighted by Gasteiger charge is -2.06. The second-order valence-electron chi connectivity index (χ2n) is 7.89. The molecule has 1 rings (SSSR count). The third-order valence-corrected chi connectivity index (χ3v) is 6.59. The van der Waals surface area contributed by atoms with E-state index in [1.807, 2.05) is 0 Å². The Bertz CT molecular complexity index is 561. The molecule has 5 heteroatoms. The van der Waals surface area contributed by atoms with E-state index in [9.17, 15) is 8.42 Å². The Labute approximate surface area is 191 Å². The molecule has 0 fully saturated rings. The number of benzene rings is 1. The molecular formula is C24H45AlO3S. The van der Waals surface area contributed by atoms with Gasteiger partial charge in [-0.3, -0.25) is 4.18 Å². The van der Waals surface area contributed by atoms with Crippen molar-refractivity contribution in [3.05, 3.63) is 30.3 Å². The van der Waals surface area contributed by atoms with E-state index in [-0.39, 0.29) is 28.9 Å². The average molecular weight is 441 g/mol. The summed E-state index contributed by atoms with van der Waals surface area (Å²) in [6.07, 6.45) is 20.9. The van der Waals surface area contributed by atoms with Crippen molar-refractivity contribution in [3.63, 3.8) is 0 Å². The van der Waals surface area contributed by atoms with Crippen molar-refractivity contribution in [2.24, 2.45) is 0 Å². The van der Waals surface area contributed by atoms with Crippen molar-refractivity contribution in [2.45, 2.75) is 115 Å². The van der Waals surface area contributed by atoms with Crippen LogP contribution in [0.15, 0.2) is 35.2 Å². The van der Waals surface area contributed by atoms with Gasteiger partial charge in [-0.05, 0) is 18.6 Å². The zero-order chi connectivity index (χ0) is 20.3. The molecule has 0 atom stereocenters. The predicted octanol–water partition coefficient (Wildman–Crippen LogP) is 6.47. The van der Waals surface area contributed by atoms with E-state index in [4.69, 9.17) is 4.18 Å². The van der Waals surface area contributed by atoms with E-state index >= 15 is 0 Å². The summed E-state index contributed by atoms with van der Waals surface area (Å²) < 4.78 is 29.0. The minimum Gasteiger partial charge on any atom is -0.266 e. The second kappa shape index (κ2) is 19.6. The smallest absolute Gasteiger partial charge is 0.266 e. The van der Waals surface area contributed by atoms with Gasteiger partial charge in [0.05, 0.1) is 11.5 Å². The van der Waals surface area contributed by atoms with Crippen molar-refractivity contribution in [1.29, 1.82) is 0 Å². The van der Waals surface area contributed by atoms with Gasteiger partial charge in [0.2, 0.25) is 0 Å². The molecule has 0 bridgehead atoms. The highest BCUT2D eigenvalue weighted by molar-refractivity contribution is 7.86. The van der Waals surface area contributed by atoms with Crippen LogP contribution < -0.4 is 0 Å². The zero-order valence-corrected chi connectivity index (χ0v) is 18.9. The number of hydrogen-bond acceptors (Lipinski definition) is 3. The maximum Gasteiger partial charge on any atom is 0.296 e. The third-order valence-electron chi connectivity index (χ3n) is 5.27. The van der Waals surface area contributed by atoms with Crippen LogP contribution in [0.3, 0.4) is 0 Å². The molecule has 0 saturated carbocycles. The first-order chi connectivity index (χ1) is 13.7. The highest BCUT2D eigenvalue weighted by atomic mass is 32.2. The van der Waals surface area contributed by atoms with Crippen LogP contribution in [-0.2, 0) is 14.3 Å². The molecule has 168 valence electrons. The predicted molar refractivity (Wildman–Crippen MR) is 129 cm³/mol. The normalized spacial score (nSPS) is 11.3. The van der Waals surface area contributed by atoms with Gasteiger partial charge in [-0.1, -0.05) is 121 Å². The Morgan fingerprint density at radius 1 is 0.621 bits per heavy atom. The quantitative estimate of drug-likeness (QED) is 0.141. The van der Waals surface area contributed by atoms with Crippen molar-refractivity contribution in [2.75, 3.05) is 6.61 Å². The van der Waals surface area contributed by atoms with E-state index < -0.39 is 10.1 Å². The molecule has 29 heavy (non-hydrogen) atoms. The molecule has 0 N–H and O–H groups in total. The van der Waals surface area contributed by atoms with Crippen LogP contribution in [0.1, 0.15) is 110 Å². The first kappa shape index (κ1) is 28.7. The summed E-state index contributed by atoms with van der Waals surface area (Å²) in [7, 11) is -3.58. The van der Waals surface area contributed by atoms with Gasteiger partial charge in [0.25, 0.3) is 10.1 Å². The maximum atomic E-state index is 12.0. The van der Waals surface area contributed by atoms with E-state index in [2.05, 4.69) is 6.92 Å². The minimum atomic E-state index is -3.58. The number of rotatable bonds is 19. The largest absolute Gasteiger partial charge is 0.296 e. The molecule has 0 aliphatic rings. The molecule has 0 aliphatic carbocycles.